The van der Waals surface area contributed by atoms with Crippen molar-refractivity contribution in [2.45, 2.75) is 6.92 Å². The molecule has 2 heterocycles. The van der Waals surface area contributed by atoms with E-state index in [1.165, 1.54) is 6.20 Å². The maximum Gasteiger partial charge on any atom is 0.253 e. The number of amides is 1. The molecular weight excluding hydrogens is 182 g/mol. The number of aromatic nitrogens is 3. The van der Waals surface area contributed by atoms with Crippen molar-refractivity contribution in [1.29, 1.82) is 0 Å². The second-order valence-electron chi connectivity index (χ2n) is 2.96. The molecule has 0 spiro atoms. The first-order chi connectivity index (χ1) is 6.59. The summed E-state index contributed by atoms with van der Waals surface area (Å²) in [4.78, 5) is 21.9. The van der Waals surface area contributed by atoms with Crippen molar-refractivity contribution >= 4 is 22.8 Å². The van der Waals surface area contributed by atoms with Crippen LogP contribution in [0.5, 0.6) is 0 Å². The van der Waals surface area contributed by atoms with Gasteiger partial charge < -0.3 is 16.5 Å². The van der Waals surface area contributed by atoms with E-state index in [-0.39, 0.29) is 11.4 Å². The number of hydrogen-bond acceptors (Lipinski definition) is 4. The van der Waals surface area contributed by atoms with E-state index in [1.54, 1.807) is 6.92 Å². The average Bonchev–Trinajstić information content (AvgIpc) is 2.39. The van der Waals surface area contributed by atoms with E-state index in [4.69, 9.17) is 11.5 Å². The largest absolute Gasteiger partial charge is 0.385 e. The van der Waals surface area contributed by atoms with Crippen LogP contribution in [-0.4, -0.2) is 20.9 Å². The molecule has 0 aromatic carbocycles. The minimum atomic E-state index is -0.582. The number of anilines is 1. The van der Waals surface area contributed by atoms with Crippen molar-refractivity contribution in [3.8, 4) is 0 Å². The molecule has 0 atom stereocenters. The minimum Gasteiger partial charge on any atom is -0.385 e. The molecule has 5 N–H and O–H groups in total. The van der Waals surface area contributed by atoms with Crippen LogP contribution in [0.3, 0.4) is 0 Å². The molecule has 0 aliphatic rings. The van der Waals surface area contributed by atoms with Crippen molar-refractivity contribution < 1.29 is 4.79 Å². The maximum absolute atomic E-state index is 11.0. The van der Waals surface area contributed by atoms with E-state index in [0.29, 0.717) is 16.9 Å². The van der Waals surface area contributed by atoms with Gasteiger partial charge in [0.25, 0.3) is 5.91 Å². The second kappa shape index (κ2) is 2.69. The number of H-pyrrole nitrogens is 1. The van der Waals surface area contributed by atoms with Crippen LogP contribution < -0.4 is 11.5 Å². The Morgan fingerprint density at radius 3 is 2.93 bits per heavy atom. The Hall–Kier alpha value is -2.11. The maximum atomic E-state index is 11.0. The molecule has 0 saturated carbocycles. The molecule has 14 heavy (non-hydrogen) atoms. The molecule has 0 aliphatic carbocycles. The highest BCUT2D eigenvalue weighted by molar-refractivity contribution is 6.09. The van der Waals surface area contributed by atoms with Crippen LogP contribution in [0.25, 0.3) is 11.0 Å². The number of nitrogens with two attached hydrogens (primary N) is 2. The number of fused-ring (bicyclic) bond motifs is 1. The molecule has 2 rings (SSSR count). The molecule has 0 unspecified atom stereocenters. The summed E-state index contributed by atoms with van der Waals surface area (Å²) >= 11 is 0. The van der Waals surface area contributed by atoms with Crippen LogP contribution in [0, 0.1) is 6.92 Å². The van der Waals surface area contributed by atoms with Crippen molar-refractivity contribution in [2.75, 3.05) is 5.73 Å². The summed E-state index contributed by atoms with van der Waals surface area (Å²) in [6.45, 7) is 1.75. The third-order valence-corrected chi connectivity index (χ3v) is 1.95. The molecule has 0 bridgehead atoms. The lowest BCUT2D eigenvalue weighted by molar-refractivity contribution is 0.100. The Bertz CT molecular complexity index is 516. The van der Waals surface area contributed by atoms with Gasteiger partial charge in [-0.3, -0.25) is 4.79 Å². The summed E-state index contributed by atoms with van der Waals surface area (Å²) in [7, 11) is 0. The van der Waals surface area contributed by atoms with Gasteiger partial charge in [0.15, 0.2) is 0 Å². The number of rotatable bonds is 1. The van der Waals surface area contributed by atoms with E-state index in [0.717, 1.165) is 0 Å². The molecular formula is C8H9N5O. The van der Waals surface area contributed by atoms with E-state index in [1.807, 2.05) is 0 Å². The Balaban J connectivity index is 2.84. The molecule has 0 fully saturated rings. The van der Waals surface area contributed by atoms with Gasteiger partial charge in [-0.1, -0.05) is 0 Å². The van der Waals surface area contributed by atoms with Gasteiger partial charge in [-0.05, 0) is 6.92 Å². The molecule has 0 saturated heterocycles. The molecule has 2 aromatic heterocycles. The summed E-state index contributed by atoms with van der Waals surface area (Å²) in [5.74, 6) is 0.253. The standard InChI is InChI=1S/C8H9N5O/c1-3-11-2-4-5(7(10)14)6(9)13-8(4)12-3/h2H,9H2,1H3,(H2,10,14)(H,11,12,13). The number of aryl methyl sites for hydroxylation is 1. The Morgan fingerprint density at radius 1 is 1.57 bits per heavy atom. The lowest BCUT2D eigenvalue weighted by atomic mass is 10.2. The first kappa shape index (κ1) is 8.49. The van der Waals surface area contributed by atoms with Gasteiger partial charge in [0.1, 0.15) is 17.3 Å². The van der Waals surface area contributed by atoms with Crippen molar-refractivity contribution in [3.05, 3.63) is 17.6 Å². The van der Waals surface area contributed by atoms with Gasteiger partial charge in [-0.15, -0.1) is 0 Å². The molecule has 6 nitrogen and oxygen atoms in total. The number of aromatic amines is 1. The average molecular weight is 191 g/mol. The predicted octanol–water partition coefficient (Wildman–Crippen LogP) is -0.0526. The monoisotopic (exact) mass is 191 g/mol. The quantitative estimate of drug-likeness (QED) is 0.586. The first-order valence-electron chi connectivity index (χ1n) is 4.00. The number of carbonyl (C=O) groups excluding carboxylic acids is 1. The third-order valence-electron chi connectivity index (χ3n) is 1.95. The zero-order valence-electron chi connectivity index (χ0n) is 7.53. The third kappa shape index (κ3) is 1.08. The number of carbonyl (C=O) groups is 1. The number of nitrogen functional groups attached to an aromatic ring is 1. The zero-order valence-corrected chi connectivity index (χ0v) is 7.53. The van der Waals surface area contributed by atoms with Crippen LogP contribution in [0.4, 0.5) is 5.82 Å². The van der Waals surface area contributed by atoms with Crippen LogP contribution in [0.2, 0.25) is 0 Å². The predicted molar refractivity (Wildman–Crippen MR) is 51.6 cm³/mol. The minimum absolute atomic E-state index is 0.229. The fourth-order valence-electron chi connectivity index (χ4n) is 1.35. The highest BCUT2D eigenvalue weighted by Crippen LogP contribution is 2.21. The number of nitrogens with zero attached hydrogens (tertiary/aromatic N) is 2. The van der Waals surface area contributed by atoms with Gasteiger partial charge in [0, 0.05) is 6.20 Å². The van der Waals surface area contributed by atoms with Crippen LogP contribution >= 0.6 is 0 Å². The zero-order chi connectivity index (χ0) is 10.3. The van der Waals surface area contributed by atoms with Crippen molar-refractivity contribution in [2.24, 2.45) is 5.73 Å². The van der Waals surface area contributed by atoms with E-state index in [9.17, 15) is 4.79 Å². The van der Waals surface area contributed by atoms with Crippen molar-refractivity contribution in [1.82, 2.24) is 15.0 Å². The van der Waals surface area contributed by atoms with Crippen LogP contribution in [0.15, 0.2) is 6.20 Å². The van der Waals surface area contributed by atoms with Gasteiger partial charge in [0.2, 0.25) is 0 Å². The highest BCUT2D eigenvalue weighted by Gasteiger charge is 2.14. The fourth-order valence-corrected chi connectivity index (χ4v) is 1.35. The summed E-state index contributed by atoms with van der Waals surface area (Å²) in [5, 5.41) is 0.556. The molecule has 0 aliphatic heterocycles. The number of nitrogens with one attached hydrogen (secondary N) is 1. The summed E-state index contributed by atoms with van der Waals surface area (Å²) < 4.78 is 0. The van der Waals surface area contributed by atoms with E-state index >= 15 is 0 Å². The Kier molecular flexibility index (Phi) is 1.63. The molecule has 0 radical (unpaired) electrons. The number of hydrogen-bond donors (Lipinski definition) is 3. The van der Waals surface area contributed by atoms with Crippen molar-refractivity contribution in [3.63, 3.8) is 0 Å². The normalized spacial score (nSPS) is 10.6. The SMILES string of the molecule is Cc1ncc2c(C(N)=O)c(N)[nH]c2n1. The first-order valence-corrected chi connectivity index (χ1v) is 4.00. The van der Waals surface area contributed by atoms with Gasteiger partial charge in [0.05, 0.1) is 10.9 Å². The Labute approximate surface area is 79.3 Å². The van der Waals surface area contributed by atoms with Gasteiger partial charge >= 0.3 is 0 Å². The van der Waals surface area contributed by atoms with Gasteiger partial charge in [-0.25, -0.2) is 9.97 Å². The summed E-state index contributed by atoms with van der Waals surface area (Å²) in [6.07, 6.45) is 1.53. The molecule has 72 valence electrons. The van der Waals surface area contributed by atoms with E-state index < -0.39 is 5.91 Å². The topological polar surface area (TPSA) is 111 Å². The fraction of sp³-hybridized carbons (Fsp3) is 0.125. The summed E-state index contributed by atoms with van der Waals surface area (Å²) in [5.41, 5.74) is 11.5. The molecule has 1 amide bonds. The lowest BCUT2D eigenvalue weighted by Gasteiger charge is -1.93. The molecule has 2 aromatic rings. The number of primary amides is 1. The lowest BCUT2D eigenvalue weighted by Crippen LogP contribution is -2.12. The van der Waals surface area contributed by atoms with Gasteiger partial charge in [-0.2, -0.15) is 0 Å². The smallest absolute Gasteiger partial charge is 0.253 e. The van der Waals surface area contributed by atoms with Crippen LogP contribution in [-0.2, 0) is 0 Å². The van der Waals surface area contributed by atoms with E-state index in [2.05, 4.69) is 15.0 Å². The summed E-state index contributed by atoms with van der Waals surface area (Å²) in [6, 6.07) is 0. The Morgan fingerprint density at radius 2 is 2.29 bits per heavy atom. The molecule has 6 heteroatoms. The second-order valence-corrected chi connectivity index (χ2v) is 2.96. The highest BCUT2D eigenvalue weighted by atomic mass is 16.1. The van der Waals surface area contributed by atoms with Crippen LogP contribution in [0.1, 0.15) is 16.2 Å².